The lowest BCUT2D eigenvalue weighted by Gasteiger charge is -2.18. The highest BCUT2D eigenvalue weighted by molar-refractivity contribution is 5.96. The van der Waals surface area contributed by atoms with Crippen molar-refractivity contribution in [2.75, 3.05) is 5.32 Å². The van der Waals surface area contributed by atoms with Crippen molar-refractivity contribution in [3.05, 3.63) is 29.3 Å². The van der Waals surface area contributed by atoms with E-state index >= 15 is 0 Å². The van der Waals surface area contributed by atoms with Crippen LogP contribution in [0.4, 0.5) is 18.9 Å². The topological polar surface area (TPSA) is 49.3 Å². The molecule has 0 fully saturated rings. The summed E-state index contributed by atoms with van der Waals surface area (Å²) >= 11 is 0. The third-order valence-electron chi connectivity index (χ3n) is 2.61. The molecule has 1 aromatic rings. The number of anilines is 1. The molecule has 0 saturated carbocycles. The first-order valence-corrected chi connectivity index (χ1v) is 5.79. The molecule has 1 aromatic carbocycles. The molecule has 0 aromatic heterocycles. The maximum Gasteiger partial charge on any atom is 0.416 e. The first kappa shape index (κ1) is 15.5. The third kappa shape index (κ3) is 3.96. The number of halogens is 3. The predicted octanol–water partition coefficient (Wildman–Crippen LogP) is 2.98. The van der Waals surface area contributed by atoms with Crippen LogP contribution in [0, 0.1) is 0 Å². The Labute approximate surface area is 109 Å². The van der Waals surface area contributed by atoms with Crippen molar-refractivity contribution < 1.29 is 23.1 Å². The average molecular weight is 275 g/mol. The average Bonchev–Trinajstić information content (AvgIpc) is 2.26. The van der Waals surface area contributed by atoms with Crippen molar-refractivity contribution in [2.24, 2.45) is 0 Å². The Bertz CT molecular complexity index is 476. The molecule has 0 aliphatic rings. The SMILES string of the molecule is CCc1cc(NC(=O)C(C)(C)O)ccc1C(F)(F)F. The van der Waals surface area contributed by atoms with Gasteiger partial charge in [0.15, 0.2) is 0 Å². The molecule has 6 heteroatoms. The second-order valence-corrected chi connectivity index (χ2v) is 4.74. The summed E-state index contributed by atoms with van der Waals surface area (Å²) in [5.41, 5.74) is -1.97. The highest BCUT2D eigenvalue weighted by Gasteiger charge is 2.33. The monoisotopic (exact) mass is 275 g/mol. The van der Waals surface area contributed by atoms with Gasteiger partial charge in [-0.15, -0.1) is 0 Å². The Balaban J connectivity index is 3.05. The van der Waals surface area contributed by atoms with Crippen molar-refractivity contribution in [2.45, 2.75) is 39.0 Å². The van der Waals surface area contributed by atoms with E-state index in [1.807, 2.05) is 0 Å². The van der Waals surface area contributed by atoms with Gasteiger partial charge < -0.3 is 10.4 Å². The number of aryl methyl sites for hydroxylation is 1. The molecule has 106 valence electrons. The Hall–Kier alpha value is -1.56. The van der Waals surface area contributed by atoms with Gasteiger partial charge in [0.25, 0.3) is 5.91 Å². The van der Waals surface area contributed by atoms with E-state index in [4.69, 9.17) is 0 Å². The zero-order valence-electron chi connectivity index (χ0n) is 10.9. The molecule has 19 heavy (non-hydrogen) atoms. The van der Waals surface area contributed by atoms with Crippen LogP contribution < -0.4 is 5.32 Å². The summed E-state index contributed by atoms with van der Waals surface area (Å²) in [7, 11) is 0. The van der Waals surface area contributed by atoms with E-state index in [9.17, 15) is 23.1 Å². The van der Waals surface area contributed by atoms with E-state index in [0.717, 1.165) is 6.07 Å². The summed E-state index contributed by atoms with van der Waals surface area (Å²) in [5.74, 6) is -0.672. The summed E-state index contributed by atoms with van der Waals surface area (Å²) in [6, 6.07) is 3.37. The normalized spacial score (nSPS) is 12.4. The maximum absolute atomic E-state index is 12.7. The number of carbonyl (C=O) groups excluding carboxylic acids is 1. The summed E-state index contributed by atoms with van der Waals surface area (Å²) in [6.45, 7) is 4.20. The van der Waals surface area contributed by atoms with Gasteiger partial charge in [0.05, 0.1) is 5.56 Å². The van der Waals surface area contributed by atoms with Gasteiger partial charge in [-0.1, -0.05) is 6.92 Å². The predicted molar refractivity (Wildman–Crippen MR) is 65.7 cm³/mol. The van der Waals surface area contributed by atoms with E-state index in [1.54, 1.807) is 6.92 Å². The molecule has 2 N–H and O–H groups in total. The van der Waals surface area contributed by atoms with Crippen LogP contribution in [0.3, 0.4) is 0 Å². The molecule has 0 radical (unpaired) electrons. The minimum absolute atomic E-state index is 0.0982. The standard InChI is InChI=1S/C13H16F3NO2/c1-4-8-7-9(17-11(18)12(2,3)19)5-6-10(8)13(14,15)16/h5-7,19H,4H2,1-3H3,(H,17,18). The van der Waals surface area contributed by atoms with Crippen molar-refractivity contribution in [1.82, 2.24) is 0 Å². The lowest BCUT2D eigenvalue weighted by Crippen LogP contribution is -2.36. The van der Waals surface area contributed by atoms with Crippen LogP contribution in [0.25, 0.3) is 0 Å². The number of hydrogen-bond donors (Lipinski definition) is 2. The molecule has 3 nitrogen and oxygen atoms in total. The molecule has 0 aliphatic heterocycles. The van der Waals surface area contributed by atoms with E-state index < -0.39 is 23.2 Å². The minimum atomic E-state index is -4.41. The molecule has 0 atom stereocenters. The molecular formula is C13H16F3NO2. The van der Waals surface area contributed by atoms with Crippen LogP contribution in [0.15, 0.2) is 18.2 Å². The van der Waals surface area contributed by atoms with Crippen molar-refractivity contribution in [1.29, 1.82) is 0 Å². The van der Waals surface area contributed by atoms with E-state index in [2.05, 4.69) is 5.32 Å². The molecule has 0 bridgehead atoms. The number of benzene rings is 1. The number of amides is 1. The van der Waals surface area contributed by atoms with Crippen LogP contribution in [0.1, 0.15) is 31.9 Å². The highest BCUT2D eigenvalue weighted by Crippen LogP contribution is 2.33. The molecule has 0 aliphatic carbocycles. The minimum Gasteiger partial charge on any atom is -0.381 e. The van der Waals surface area contributed by atoms with Gasteiger partial charge >= 0.3 is 6.18 Å². The fraction of sp³-hybridized carbons (Fsp3) is 0.462. The summed E-state index contributed by atoms with van der Waals surface area (Å²) in [5, 5.41) is 11.8. The van der Waals surface area contributed by atoms with Crippen LogP contribution in [0.5, 0.6) is 0 Å². The number of hydrogen-bond acceptors (Lipinski definition) is 2. The highest BCUT2D eigenvalue weighted by atomic mass is 19.4. The molecule has 0 unspecified atom stereocenters. The lowest BCUT2D eigenvalue weighted by molar-refractivity contribution is -0.138. The first-order chi connectivity index (χ1) is 8.55. The number of alkyl halides is 3. The summed E-state index contributed by atoms with van der Waals surface area (Å²) in [6.07, 6.45) is -4.22. The smallest absolute Gasteiger partial charge is 0.381 e. The zero-order valence-corrected chi connectivity index (χ0v) is 10.9. The van der Waals surface area contributed by atoms with E-state index in [-0.39, 0.29) is 17.7 Å². The van der Waals surface area contributed by atoms with Crippen molar-refractivity contribution in [3.63, 3.8) is 0 Å². The summed E-state index contributed by atoms with van der Waals surface area (Å²) < 4.78 is 38.1. The first-order valence-electron chi connectivity index (χ1n) is 5.79. The second kappa shape index (κ2) is 5.21. The van der Waals surface area contributed by atoms with Gasteiger partial charge in [-0.05, 0) is 44.0 Å². The largest absolute Gasteiger partial charge is 0.416 e. The van der Waals surface area contributed by atoms with E-state index in [1.165, 1.54) is 26.0 Å². The Morgan fingerprint density at radius 2 is 1.89 bits per heavy atom. The molecule has 0 saturated heterocycles. The third-order valence-corrected chi connectivity index (χ3v) is 2.61. The number of aliphatic hydroxyl groups is 1. The Morgan fingerprint density at radius 3 is 2.32 bits per heavy atom. The van der Waals surface area contributed by atoms with Crippen LogP contribution >= 0.6 is 0 Å². The van der Waals surface area contributed by atoms with E-state index in [0.29, 0.717) is 0 Å². The van der Waals surface area contributed by atoms with Gasteiger partial charge in [-0.2, -0.15) is 13.2 Å². The molecule has 1 rings (SSSR count). The summed E-state index contributed by atoms with van der Waals surface area (Å²) in [4.78, 5) is 11.5. The number of nitrogens with one attached hydrogen (secondary N) is 1. The van der Waals surface area contributed by atoms with Gasteiger partial charge in [-0.25, -0.2) is 0 Å². The quantitative estimate of drug-likeness (QED) is 0.891. The van der Waals surface area contributed by atoms with Gasteiger partial charge in [0, 0.05) is 5.69 Å². The van der Waals surface area contributed by atoms with Gasteiger partial charge in [-0.3, -0.25) is 4.79 Å². The van der Waals surface area contributed by atoms with Crippen molar-refractivity contribution >= 4 is 11.6 Å². The van der Waals surface area contributed by atoms with Crippen LogP contribution in [-0.4, -0.2) is 16.6 Å². The molecule has 0 heterocycles. The fourth-order valence-electron chi connectivity index (χ4n) is 1.52. The van der Waals surface area contributed by atoms with Crippen LogP contribution in [-0.2, 0) is 17.4 Å². The molecule has 1 amide bonds. The van der Waals surface area contributed by atoms with Gasteiger partial charge in [0.2, 0.25) is 0 Å². The fourth-order valence-corrected chi connectivity index (χ4v) is 1.52. The number of carbonyl (C=O) groups is 1. The van der Waals surface area contributed by atoms with Gasteiger partial charge in [0.1, 0.15) is 5.60 Å². The lowest BCUT2D eigenvalue weighted by atomic mass is 10.0. The molecule has 0 spiro atoms. The second-order valence-electron chi connectivity index (χ2n) is 4.74. The number of rotatable bonds is 3. The maximum atomic E-state index is 12.7. The van der Waals surface area contributed by atoms with Crippen molar-refractivity contribution in [3.8, 4) is 0 Å². The Kier molecular flexibility index (Phi) is 4.25. The van der Waals surface area contributed by atoms with Crippen LogP contribution in [0.2, 0.25) is 0 Å². The Morgan fingerprint density at radius 1 is 1.32 bits per heavy atom. The molecular weight excluding hydrogens is 259 g/mol. The zero-order chi connectivity index (χ0) is 14.8.